The maximum Gasteiger partial charge on any atom is 0.123 e. The lowest BCUT2D eigenvalue weighted by Gasteiger charge is -2.05. The highest BCUT2D eigenvalue weighted by molar-refractivity contribution is 7.15. The van der Waals surface area contributed by atoms with Gasteiger partial charge in [-0.2, -0.15) is 0 Å². The van der Waals surface area contributed by atoms with E-state index in [0.717, 1.165) is 10.6 Å². The summed E-state index contributed by atoms with van der Waals surface area (Å²) in [6.45, 7) is 5.82. The molecule has 4 heteroatoms. The third-order valence-corrected chi connectivity index (χ3v) is 4.98. The van der Waals surface area contributed by atoms with Gasteiger partial charge >= 0.3 is 0 Å². The summed E-state index contributed by atoms with van der Waals surface area (Å²) in [7, 11) is 0. The number of hydrogen-bond donors (Lipinski definition) is 1. The lowest BCUT2D eigenvalue weighted by molar-refractivity contribution is 0.625. The first-order valence-corrected chi connectivity index (χ1v) is 8.93. The molecule has 3 aromatic rings. The maximum atomic E-state index is 12.9. The molecule has 0 aliphatic carbocycles. The van der Waals surface area contributed by atoms with E-state index in [1.54, 1.807) is 23.5 Å². The summed E-state index contributed by atoms with van der Waals surface area (Å²) in [4.78, 5) is 5.68. The Hall–Kier alpha value is -2.04. The van der Waals surface area contributed by atoms with Crippen molar-refractivity contribution in [3.8, 4) is 10.4 Å². The standard InChI is InChI=1S/C20H21FN2S/c1-14(2)16-5-7-17(8-6-16)19-12-23-20(24-19)13-22-11-15-3-9-18(21)10-4-15/h3-10,12,14,22H,11,13H2,1-2H3. The summed E-state index contributed by atoms with van der Waals surface area (Å²) in [6, 6.07) is 15.3. The lowest BCUT2D eigenvalue weighted by atomic mass is 10.0. The molecule has 0 aliphatic rings. The number of aromatic nitrogens is 1. The zero-order valence-corrected chi connectivity index (χ0v) is 14.7. The predicted octanol–water partition coefficient (Wildman–Crippen LogP) is 5.36. The number of rotatable bonds is 6. The summed E-state index contributed by atoms with van der Waals surface area (Å²) in [5.41, 5.74) is 3.63. The van der Waals surface area contributed by atoms with E-state index in [2.05, 4.69) is 48.4 Å². The van der Waals surface area contributed by atoms with Gasteiger partial charge in [0.05, 0.1) is 4.88 Å². The van der Waals surface area contributed by atoms with Gasteiger partial charge in [-0.3, -0.25) is 0 Å². The van der Waals surface area contributed by atoms with Gasteiger partial charge in [0.2, 0.25) is 0 Å². The van der Waals surface area contributed by atoms with Gasteiger partial charge in [0.1, 0.15) is 10.8 Å². The topological polar surface area (TPSA) is 24.9 Å². The van der Waals surface area contributed by atoms with E-state index in [-0.39, 0.29) is 5.82 Å². The molecule has 0 bridgehead atoms. The van der Waals surface area contributed by atoms with Gasteiger partial charge in [-0.15, -0.1) is 11.3 Å². The van der Waals surface area contributed by atoms with Crippen molar-refractivity contribution in [2.45, 2.75) is 32.9 Å². The normalized spacial score (nSPS) is 11.2. The zero-order valence-electron chi connectivity index (χ0n) is 13.9. The highest BCUT2D eigenvalue weighted by Crippen LogP contribution is 2.27. The molecule has 0 saturated heterocycles. The Morgan fingerprint density at radius 1 is 1.00 bits per heavy atom. The Morgan fingerprint density at radius 2 is 1.71 bits per heavy atom. The fourth-order valence-corrected chi connectivity index (χ4v) is 3.37. The fraction of sp³-hybridized carbons (Fsp3) is 0.250. The molecule has 0 atom stereocenters. The Kier molecular flexibility index (Phi) is 5.38. The first-order chi connectivity index (χ1) is 11.6. The maximum absolute atomic E-state index is 12.9. The smallest absolute Gasteiger partial charge is 0.123 e. The van der Waals surface area contributed by atoms with Crippen LogP contribution in [0.1, 0.15) is 35.9 Å². The molecule has 0 fully saturated rings. The van der Waals surface area contributed by atoms with Crippen molar-refractivity contribution in [3.05, 3.63) is 76.7 Å². The Balaban J connectivity index is 1.58. The highest BCUT2D eigenvalue weighted by atomic mass is 32.1. The molecular formula is C20H21FN2S. The van der Waals surface area contributed by atoms with Crippen molar-refractivity contribution >= 4 is 11.3 Å². The molecule has 124 valence electrons. The second-order valence-corrected chi connectivity index (χ2v) is 7.24. The van der Waals surface area contributed by atoms with Crippen LogP contribution in [-0.4, -0.2) is 4.98 Å². The average molecular weight is 340 g/mol. The Labute approximate surface area is 146 Å². The van der Waals surface area contributed by atoms with Crippen LogP contribution in [0.25, 0.3) is 10.4 Å². The molecule has 1 heterocycles. The lowest BCUT2D eigenvalue weighted by Crippen LogP contribution is -2.12. The van der Waals surface area contributed by atoms with Gasteiger partial charge in [0.25, 0.3) is 0 Å². The van der Waals surface area contributed by atoms with E-state index >= 15 is 0 Å². The largest absolute Gasteiger partial charge is 0.306 e. The summed E-state index contributed by atoms with van der Waals surface area (Å²) in [5, 5.41) is 4.41. The minimum atomic E-state index is -0.202. The molecule has 1 aromatic heterocycles. The van der Waals surface area contributed by atoms with Gasteiger partial charge in [-0.1, -0.05) is 50.2 Å². The van der Waals surface area contributed by atoms with Gasteiger partial charge < -0.3 is 5.32 Å². The van der Waals surface area contributed by atoms with Gasteiger partial charge in [0.15, 0.2) is 0 Å². The number of halogens is 1. The molecule has 24 heavy (non-hydrogen) atoms. The van der Waals surface area contributed by atoms with Crippen molar-refractivity contribution < 1.29 is 4.39 Å². The van der Waals surface area contributed by atoms with E-state index in [1.165, 1.54) is 28.1 Å². The van der Waals surface area contributed by atoms with Crippen LogP contribution in [0.15, 0.2) is 54.7 Å². The molecule has 0 radical (unpaired) electrons. The van der Waals surface area contributed by atoms with Crippen LogP contribution >= 0.6 is 11.3 Å². The third-order valence-electron chi connectivity index (χ3n) is 3.93. The number of benzene rings is 2. The minimum absolute atomic E-state index is 0.202. The molecule has 2 nitrogen and oxygen atoms in total. The monoisotopic (exact) mass is 340 g/mol. The number of nitrogens with zero attached hydrogens (tertiary/aromatic N) is 1. The van der Waals surface area contributed by atoms with E-state index in [0.29, 0.717) is 19.0 Å². The highest BCUT2D eigenvalue weighted by Gasteiger charge is 2.06. The third kappa shape index (κ3) is 4.28. The summed E-state index contributed by atoms with van der Waals surface area (Å²) >= 11 is 1.70. The first-order valence-electron chi connectivity index (χ1n) is 8.12. The Bertz CT molecular complexity index is 776. The summed E-state index contributed by atoms with van der Waals surface area (Å²) in [5.74, 6) is 0.346. The fourth-order valence-electron chi connectivity index (χ4n) is 2.47. The molecule has 0 aliphatic heterocycles. The van der Waals surface area contributed by atoms with E-state index in [4.69, 9.17) is 0 Å². The van der Waals surface area contributed by atoms with Gasteiger partial charge in [0, 0.05) is 19.3 Å². The minimum Gasteiger partial charge on any atom is -0.306 e. The summed E-state index contributed by atoms with van der Waals surface area (Å²) in [6.07, 6.45) is 1.93. The quantitative estimate of drug-likeness (QED) is 0.653. The van der Waals surface area contributed by atoms with Crippen molar-refractivity contribution in [3.63, 3.8) is 0 Å². The van der Waals surface area contributed by atoms with Crippen LogP contribution in [0.2, 0.25) is 0 Å². The van der Waals surface area contributed by atoms with Crippen LogP contribution in [0.5, 0.6) is 0 Å². The molecule has 2 aromatic carbocycles. The predicted molar refractivity (Wildman–Crippen MR) is 98.6 cm³/mol. The summed E-state index contributed by atoms with van der Waals surface area (Å²) < 4.78 is 12.9. The number of nitrogens with one attached hydrogen (secondary N) is 1. The molecule has 0 saturated carbocycles. The van der Waals surface area contributed by atoms with E-state index < -0.39 is 0 Å². The molecule has 1 N–H and O–H groups in total. The van der Waals surface area contributed by atoms with Gasteiger partial charge in [-0.25, -0.2) is 9.37 Å². The van der Waals surface area contributed by atoms with Crippen LogP contribution in [0, 0.1) is 5.82 Å². The Morgan fingerprint density at radius 3 is 2.38 bits per heavy atom. The average Bonchev–Trinajstić information content (AvgIpc) is 3.06. The molecule has 0 spiro atoms. The first kappa shape index (κ1) is 16.8. The van der Waals surface area contributed by atoms with Crippen LogP contribution in [0.4, 0.5) is 4.39 Å². The number of hydrogen-bond acceptors (Lipinski definition) is 3. The van der Waals surface area contributed by atoms with Gasteiger partial charge in [-0.05, 0) is 34.7 Å². The van der Waals surface area contributed by atoms with Crippen molar-refractivity contribution in [1.82, 2.24) is 10.3 Å². The van der Waals surface area contributed by atoms with E-state index in [1.807, 2.05) is 6.20 Å². The SMILES string of the molecule is CC(C)c1ccc(-c2cnc(CNCc3ccc(F)cc3)s2)cc1. The van der Waals surface area contributed by atoms with Crippen LogP contribution < -0.4 is 5.32 Å². The molecule has 0 amide bonds. The van der Waals surface area contributed by atoms with E-state index in [9.17, 15) is 4.39 Å². The molecule has 3 rings (SSSR count). The zero-order chi connectivity index (χ0) is 16.9. The van der Waals surface area contributed by atoms with Crippen LogP contribution in [0.3, 0.4) is 0 Å². The second-order valence-electron chi connectivity index (χ2n) is 6.12. The molecular weight excluding hydrogens is 319 g/mol. The number of thiazole rings is 1. The van der Waals surface area contributed by atoms with Crippen molar-refractivity contribution in [2.24, 2.45) is 0 Å². The second kappa shape index (κ2) is 7.69. The van der Waals surface area contributed by atoms with Crippen molar-refractivity contribution in [1.29, 1.82) is 0 Å². The van der Waals surface area contributed by atoms with Crippen LogP contribution in [-0.2, 0) is 13.1 Å². The molecule has 0 unspecified atom stereocenters. The van der Waals surface area contributed by atoms with Crippen molar-refractivity contribution in [2.75, 3.05) is 0 Å².